The number of nitrogens with one attached hydrogen (secondary N) is 2. The molecular weight excluding hydrogens is 496 g/mol. The highest BCUT2D eigenvalue weighted by Crippen LogP contribution is 2.29. The molecule has 2 amide bonds. The first-order valence-electron chi connectivity index (χ1n) is 11.5. The van der Waals surface area contributed by atoms with Crippen LogP contribution in [0.1, 0.15) is 36.8 Å². The van der Waals surface area contributed by atoms with Crippen molar-refractivity contribution >= 4 is 35.2 Å². The molecule has 2 aromatic heterocycles. The smallest absolute Gasteiger partial charge is 0.249 e. The molecule has 0 saturated carbocycles. The minimum absolute atomic E-state index is 0.117. The van der Waals surface area contributed by atoms with E-state index in [1.165, 1.54) is 17.1 Å². The molecule has 37 heavy (non-hydrogen) atoms. The Kier molecular flexibility index (Phi) is 7.13. The summed E-state index contributed by atoms with van der Waals surface area (Å²) in [7, 11) is 0. The monoisotopic (exact) mass is 516 g/mol. The molecule has 5 rings (SSSR count). The van der Waals surface area contributed by atoms with Gasteiger partial charge in [-0.25, -0.2) is 0 Å². The van der Waals surface area contributed by atoms with Crippen LogP contribution in [0.3, 0.4) is 0 Å². The number of anilines is 1. The van der Waals surface area contributed by atoms with Crippen molar-refractivity contribution < 1.29 is 14.0 Å². The van der Waals surface area contributed by atoms with E-state index in [2.05, 4.69) is 36.4 Å². The van der Waals surface area contributed by atoms with E-state index in [1.54, 1.807) is 36.4 Å². The Morgan fingerprint density at radius 3 is 2.95 bits per heavy atom. The van der Waals surface area contributed by atoms with Crippen molar-refractivity contribution in [2.24, 2.45) is 0 Å². The van der Waals surface area contributed by atoms with Crippen LogP contribution in [0.15, 0.2) is 71.4 Å². The first-order valence-corrected chi connectivity index (χ1v) is 11.8. The van der Waals surface area contributed by atoms with Gasteiger partial charge in [0.25, 0.3) is 0 Å². The van der Waals surface area contributed by atoms with Gasteiger partial charge in [-0.3, -0.25) is 9.59 Å². The number of halogens is 1. The fourth-order valence-corrected chi connectivity index (χ4v) is 3.97. The lowest BCUT2D eigenvalue weighted by Crippen LogP contribution is -2.26. The summed E-state index contributed by atoms with van der Waals surface area (Å²) >= 11 is 6.16. The quantitative estimate of drug-likeness (QED) is 0.307. The number of aromatic nitrogens is 6. The van der Waals surface area contributed by atoms with E-state index >= 15 is 0 Å². The Hall–Kier alpha value is -4.64. The Morgan fingerprint density at radius 2 is 2.08 bits per heavy atom. The second kappa shape index (κ2) is 11.0. The van der Waals surface area contributed by atoms with E-state index in [0.29, 0.717) is 46.8 Å². The molecule has 1 atom stereocenters. The molecule has 1 aliphatic rings. The lowest BCUT2D eigenvalue weighted by Gasteiger charge is -2.12. The van der Waals surface area contributed by atoms with Crippen LogP contribution in [-0.2, 0) is 9.59 Å². The maximum atomic E-state index is 12.9. The normalized spacial score (nSPS) is 15.8. The van der Waals surface area contributed by atoms with Gasteiger partial charge in [0.05, 0.1) is 16.9 Å². The number of allylic oxidation sites excluding steroid dienone is 1. The van der Waals surface area contributed by atoms with Crippen molar-refractivity contribution in [3.8, 4) is 17.1 Å². The number of rotatable bonds is 4. The predicted molar refractivity (Wildman–Crippen MR) is 135 cm³/mol. The summed E-state index contributed by atoms with van der Waals surface area (Å²) < 4.78 is 7.41. The van der Waals surface area contributed by atoms with Gasteiger partial charge < -0.3 is 15.1 Å². The molecule has 0 saturated heterocycles. The second-order valence-corrected chi connectivity index (χ2v) is 8.57. The van der Waals surface area contributed by atoms with Crippen LogP contribution in [0, 0.1) is 0 Å². The van der Waals surface area contributed by atoms with Gasteiger partial charge in [-0.05, 0) is 59.7 Å². The average Bonchev–Trinajstić information content (AvgIpc) is 3.60. The van der Waals surface area contributed by atoms with E-state index in [0.717, 1.165) is 0 Å². The van der Waals surface area contributed by atoms with Gasteiger partial charge in [0.1, 0.15) is 12.4 Å². The Labute approximate surface area is 216 Å². The van der Waals surface area contributed by atoms with Crippen LogP contribution in [0.25, 0.3) is 23.2 Å². The third-order valence-corrected chi connectivity index (χ3v) is 5.80. The molecule has 186 valence electrons. The number of hydrogen-bond donors (Lipinski definition) is 2. The first kappa shape index (κ1) is 24.1. The summed E-state index contributed by atoms with van der Waals surface area (Å²) in [6.45, 7) is 0. The van der Waals surface area contributed by atoms with E-state index in [-0.39, 0.29) is 23.6 Å². The van der Waals surface area contributed by atoms with E-state index < -0.39 is 6.04 Å². The topological polar surface area (TPSA) is 141 Å². The van der Waals surface area contributed by atoms with Crippen molar-refractivity contribution in [1.29, 1.82) is 0 Å². The zero-order chi connectivity index (χ0) is 25.6. The molecule has 0 spiro atoms. The highest BCUT2D eigenvalue weighted by atomic mass is 35.5. The molecule has 2 N–H and O–H groups in total. The molecule has 11 nitrogen and oxygen atoms in total. The molecule has 0 aliphatic carbocycles. The molecule has 0 fully saturated rings. The molecule has 2 aromatic carbocycles. The highest BCUT2D eigenvalue weighted by Gasteiger charge is 2.22. The SMILES string of the molecule is O=C(C=Cc1cc(Cl)ccc1-n1cnnn1)NC1CC=CCCC(=O)Nc2ccccc2-c2nnc1o2. The average molecular weight is 517 g/mol. The summed E-state index contributed by atoms with van der Waals surface area (Å²) in [4.78, 5) is 25.2. The Bertz CT molecular complexity index is 1480. The summed E-state index contributed by atoms with van der Waals surface area (Å²) in [5.41, 5.74) is 2.49. The predicted octanol–water partition coefficient (Wildman–Crippen LogP) is 3.92. The summed E-state index contributed by atoms with van der Waals surface area (Å²) in [6.07, 6.45) is 9.51. The number of fused-ring (bicyclic) bond motifs is 4. The maximum Gasteiger partial charge on any atom is 0.249 e. The van der Waals surface area contributed by atoms with Crippen molar-refractivity contribution in [3.63, 3.8) is 0 Å². The van der Waals surface area contributed by atoms with Gasteiger partial charge in [0.15, 0.2) is 0 Å². The molecular formula is C25H21ClN8O3. The molecule has 0 radical (unpaired) electrons. The number of carbonyl (C=O) groups excluding carboxylic acids is 2. The summed E-state index contributed by atoms with van der Waals surface area (Å²) in [6, 6.07) is 11.8. The van der Waals surface area contributed by atoms with Gasteiger partial charge in [-0.2, -0.15) is 4.68 Å². The zero-order valence-electron chi connectivity index (χ0n) is 19.4. The third kappa shape index (κ3) is 5.78. The minimum atomic E-state index is -0.579. The lowest BCUT2D eigenvalue weighted by molar-refractivity contribution is -0.117. The number of tetrazole rings is 1. The number of para-hydroxylation sites is 1. The van der Waals surface area contributed by atoms with E-state index in [4.69, 9.17) is 16.0 Å². The number of carbonyl (C=O) groups is 2. The van der Waals surface area contributed by atoms with Gasteiger partial charge in [-0.15, -0.1) is 15.3 Å². The van der Waals surface area contributed by atoms with Crippen molar-refractivity contribution in [2.75, 3.05) is 5.32 Å². The number of hydrogen-bond acceptors (Lipinski definition) is 8. The third-order valence-electron chi connectivity index (χ3n) is 5.56. The van der Waals surface area contributed by atoms with Gasteiger partial charge >= 0.3 is 0 Å². The van der Waals surface area contributed by atoms with Crippen LogP contribution in [-0.4, -0.2) is 42.2 Å². The summed E-state index contributed by atoms with van der Waals surface area (Å²) in [5.74, 6) is 0.00308. The van der Waals surface area contributed by atoms with Gasteiger partial charge in [-0.1, -0.05) is 35.9 Å². The largest absolute Gasteiger partial charge is 0.418 e. The number of amides is 2. The summed E-state index contributed by atoms with van der Waals surface area (Å²) in [5, 5.41) is 25.8. The Balaban J connectivity index is 1.39. The van der Waals surface area contributed by atoms with Crippen LogP contribution in [0.2, 0.25) is 5.02 Å². The fraction of sp³-hybridized carbons (Fsp3) is 0.160. The van der Waals surface area contributed by atoms with Crippen LogP contribution < -0.4 is 10.6 Å². The number of benzene rings is 2. The molecule has 4 aromatic rings. The van der Waals surface area contributed by atoms with Crippen molar-refractivity contribution in [2.45, 2.75) is 25.3 Å². The number of nitrogens with zero attached hydrogens (tertiary/aromatic N) is 6. The molecule has 3 heterocycles. The zero-order valence-corrected chi connectivity index (χ0v) is 20.2. The molecule has 1 aliphatic heterocycles. The molecule has 1 unspecified atom stereocenters. The fourth-order valence-electron chi connectivity index (χ4n) is 3.79. The highest BCUT2D eigenvalue weighted by molar-refractivity contribution is 6.30. The molecule has 2 bridgehead atoms. The lowest BCUT2D eigenvalue weighted by atomic mass is 10.1. The van der Waals surface area contributed by atoms with Gasteiger partial charge in [0.2, 0.25) is 23.6 Å². The van der Waals surface area contributed by atoms with Gasteiger partial charge in [0, 0.05) is 23.1 Å². The van der Waals surface area contributed by atoms with E-state index in [9.17, 15) is 9.59 Å². The standard InChI is InChI=1S/C25H21ClN8O3/c26-17-11-12-21(34-15-27-32-33-34)16(14-17)10-13-23(36)29-20-8-2-1-3-9-22(35)28-19-7-5-4-6-18(19)24-30-31-25(20)37-24/h1-2,4-7,10-15,20H,3,8-9H2,(H,28,35)(H,29,36). The maximum absolute atomic E-state index is 12.9. The van der Waals surface area contributed by atoms with Crippen LogP contribution in [0.4, 0.5) is 5.69 Å². The Morgan fingerprint density at radius 1 is 1.19 bits per heavy atom. The molecule has 12 heteroatoms. The first-order chi connectivity index (χ1) is 18.1. The second-order valence-electron chi connectivity index (χ2n) is 8.14. The van der Waals surface area contributed by atoms with Crippen LogP contribution >= 0.6 is 11.6 Å². The van der Waals surface area contributed by atoms with Crippen molar-refractivity contribution in [3.05, 3.63) is 83.5 Å². The van der Waals surface area contributed by atoms with Crippen LogP contribution in [0.5, 0.6) is 0 Å². The van der Waals surface area contributed by atoms with E-state index in [1.807, 2.05) is 24.3 Å². The minimum Gasteiger partial charge on any atom is -0.418 e. The van der Waals surface area contributed by atoms with Crippen molar-refractivity contribution in [1.82, 2.24) is 35.7 Å².